The largest absolute Gasteiger partial charge is 0.368 e. The Kier molecular flexibility index (Phi) is 7.44. The van der Waals surface area contributed by atoms with Crippen molar-refractivity contribution in [3.8, 4) is 0 Å². The van der Waals surface area contributed by atoms with Crippen molar-refractivity contribution in [2.24, 2.45) is 0 Å². The Hall–Kier alpha value is -3.03. The Bertz CT molecular complexity index is 1240. The number of nitrogens with zero attached hydrogens (tertiary/aromatic N) is 2. The average Bonchev–Trinajstić information content (AvgIpc) is 2.84. The summed E-state index contributed by atoms with van der Waals surface area (Å²) in [6, 6.07) is 21.7. The van der Waals surface area contributed by atoms with Gasteiger partial charge in [0.25, 0.3) is 10.0 Å². The van der Waals surface area contributed by atoms with Crippen molar-refractivity contribution in [1.29, 1.82) is 0 Å². The van der Waals surface area contributed by atoms with Crippen molar-refractivity contribution in [3.63, 3.8) is 0 Å². The highest BCUT2D eigenvalue weighted by Crippen LogP contribution is 2.21. The van der Waals surface area contributed by atoms with Crippen LogP contribution in [-0.2, 0) is 21.2 Å². The van der Waals surface area contributed by atoms with Crippen LogP contribution < -0.4 is 9.62 Å². The molecular weight excluding hydrogens is 470 g/mol. The van der Waals surface area contributed by atoms with Crippen LogP contribution in [0.3, 0.4) is 0 Å². The Morgan fingerprint density at radius 1 is 0.941 bits per heavy atom. The molecule has 34 heavy (non-hydrogen) atoms. The quantitative estimate of drug-likeness (QED) is 0.512. The monoisotopic (exact) mass is 497 g/mol. The first-order chi connectivity index (χ1) is 16.3. The molecule has 8 heteroatoms. The highest BCUT2D eigenvalue weighted by Gasteiger charge is 2.21. The van der Waals surface area contributed by atoms with Crippen LogP contribution in [0.2, 0.25) is 5.02 Å². The van der Waals surface area contributed by atoms with Crippen molar-refractivity contribution in [1.82, 2.24) is 4.90 Å². The molecule has 3 aromatic carbocycles. The van der Waals surface area contributed by atoms with Crippen LogP contribution >= 0.6 is 11.6 Å². The minimum Gasteiger partial charge on any atom is -0.368 e. The topological polar surface area (TPSA) is 69.7 Å². The fourth-order valence-corrected chi connectivity index (χ4v) is 5.21. The second-order valence-corrected chi connectivity index (χ2v) is 10.6. The first-order valence-corrected chi connectivity index (χ1v) is 13.1. The Labute approximate surface area is 206 Å². The van der Waals surface area contributed by atoms with Crippen LogP contribution in [0.4, 0.5) is 11.4 Å². The molecule has 1 fully saturated rings. The fourth-order valence-electron chi connectivity index (χ4n) is 3.97. The minimum absolute atomic E-state index is 0.114. The zero-order valence-corrected chi connectivity index (χ0v) is 20.6. The van der Waals surface area contributed by atoms with Crippen molar-refractivity contribution in [2.75, 3.05) is 35.8 Å². The molecule has 3 aromatic rings. The lowest BCUT2D eigenvalue weighted by Gasteiger charge is -2.36. The van der Waals surface area contributed by atoms with Crippen molar-refractivity contribution in [3.05, 3.63) is 88.9 Å². The van der Waals surface area contributed by atoms with Crippen LogP contribution in [-0.4, -0.2) is 45.4 Å². The number of nitrogens with one attached hydrogen (secondary N) is 1. The summed E-state index contributed by atoms with van der Waals surface area (Å²) >= 11 is 6.09. The summed E-state index contributed by atoms with van der Waals surface area (Å²) in [4.78, 5) is 17.0. The number of halogens is 1. The number of aryl methyl sites for hydroxylation is 2. The van der Waals surface area contributed by atoms with E-state index < -0.39 is 10.0 Å². The van der Waals surface area contributed by atoms with E-state index >= 15 is 0 Å². The van der Waals surface area contributed by atoms with Gasteiger partial charge in [-0.1, -0.05) is 47.5 Å². The lowest BCUT2D eigenvalue weighted by molar-refractivity contribution is -0.131. The zero-order valence-electron chi connectivity index (χ0n) is 19.1. The van der Waals surface area contributed by atoms with Crippen LogP contribution in [0.1, 0.15) is 17.5 Å². The van der Waals surface area contributed by atoms with Gasteiger partial charge in [-0.2, -0.15) is 0 Å². The average molecular weight is 498 g/mol. The molecule has 0 atom stereocenters. The lowest BCUT2D eigenvalue weighted by atomic mass is 10.1. The Balaban J connectivity index is 1.28. The second kappa shape index (κ2) is 10.5. The van der Waals surface area contributed by atoms with Gasteiger partial charge in [-0.05, 0) is 61.4 Å². The summed E-state index contributed by atoms with van der Waals surface area (Å²) in [7, 11) is -3.66. The molecule has 1 N–H and O–H groups in total. The molecule has 0 bridgehead atoms. The van der Waals surface area contributed by atoms with Gasteiger partial charge >= 0.3 is 0 Å². The molecule has 0 radical (unpaired) electrons. The maximum atomic E-state index is 12.7. The number of anilines is 2. The van der Waals surface area contributed by atoms with E-state index in [1.54, 1.807) is 36.4 Å². The van der Waals surface area contributed by atoms with Gasteiger partial charge in [0.15, 0.2) is 0 Å². The smallest absolute Gasteiger partial charge is 0.261 e. The van der Waals surface area contributed by atoms with Gasteiger partial charge in [0, 0.05) is 49.0 Å². The summed E-state index contributed by atoms with van der Waals surface area (Å²) < 4.78 is 27.9. The second-order valence-electron chi connectivity index (χ2n) is 8.46. The number of hydrogen-bond donors (Lipinski definition) is 1. The molecule has 1 heterocycles. The molecule has 6 nitrogen and oxygen atoms in total. The summed E-state index contributed by atoms with van der Waals surface area (Å²) in [6.07, 6.45) is 0.962. The first-order valence-electron chi connectivity index (χ1n) is 11.3. The molecule has 0 aromatic heterocycles. The van der Waals surface area contributed by atoms with E-state index in [-0.39, 0.29) is 10.8 Å². The molecule has 0 unspecified atom stereocenters. The van der Waals surface area contributed by atoms with Crippen LogP contribution in [0.15, 0.2) is 77.7 Å². The van der Waals surface area contributed by atoms with Crippen molar-refractivity contribution in [2.45, 2.75) is 24.7 Å². The van der Waals surface area contributed by atoms with Gasteiger partial charge in [0.1, 0.15) is 0 Å². The van der Waals surface area contributed by atoms with Crippen LogP contribution in [0.25, 0.3) is 0 Å². The highest BCUT2D eigenvalue weighted by atomic mass is 35.5. The summed E-state index contributed by atoms with van der Waals surface area (Å²) in [5.74, 6) is 0.114. The third-order valence-electron chi connectivity index (χ3n) is 5.97. The summed E-state index contributed by atoms with van der Waals surface area (Å²) in [6.45, 7) is 4.84. The normalized spacial score (nSPS) is 14.2. The minimum atomic E-state index is -3.66. The van der Waals surface area contributed by atoms with Gasteiger partial charge in [0.05, 0.1) is 4.90 Å². The first kappa shape index (κ1) is 24.1. The standard InChI is InChI=1S/C26H28ClN3O3S/c1-20-5-10-23(11-6-20)28-34(32,33)25-12-7-21(8-13-25)9-14-26(31)30-17-15-29(16-18-30)24-4-2-3-22(27)19-24/h2-8,10-13,19,28H,9,14-18H2,1H3. The van der Waals surface area contributed by atoms with Crippen LogP contribution in [0, 0.1) is 6.92 Å². The molecule has 1 aliphatic heterocycles. The molecule has 1 amide bonds. The number of benzene rings is 3. The van der Waals surface area contributed by atoms with Crippen molar-refractivity contribution < 1.29 is 13.2 Å². The Morgan fingerprint density at radius 3 is 2.26 bits per heavy atom. The van der Waals surface area contributed by atoms with E-state index in [9.17, 15) is 13.2 Å². The third-order valence-corrected chi connectivity index (χ3v) is 7.60. The van der Waals surface area contributed by atoms with E-state index in [2.05, 4.69) is 9.62 Å². The number of piperazine rings is 1. The number of carbonyl (C=O) groups excluding carboxylic acids is 1. The van der Waals surface area contributed by atoms with Gasteiger partial charge in [-0.15, -0.1) is 0 Å². The molecule has 0 spiro atoms. The zero-order chi connectivity index (χ0) is 24.1. The van der Waals surface area contributed by atoms with Gasteiger partial charge in [-0.3, -0.25) is 9.52 Å². The van der Waals surface area contributed by atoms with Crippen molar-refractivity contribution >= 4 is 38.9 Å². The molecular formula is C26H28ClN3O3S. The van der Waals surface area contributed by atoms with E-state index in [1.165, 1.54) is 0 Å². The molecule has 1 aliphatic rings. The van der Waals surface area contributed by atoms with E-state index in [0.29, 0.717) is 36.6 Å². The van der Waals surface area contributed by atoms with E-state index in [1.807, 2.05) is 48.2 Å². The van der Waals surface area contributed by atoms with Gasteiger partial charge < -0.3 is 9.80 Å². The third kappa shape index (κ3) is 6.10. The molecule has 1 saturated heterocycles. The van der Waals surface area contributed by atoms with E-state index in [0.717, 1.165) is 29.9 Å². The number of carbonyl (C=O) groups is 1. The predicted molar refractivity (Wildman–Crippen MR) is 137 cm³/mol. The maximum Gasteiger partial charge on any atom is 0.261 e. The summed E-state index contributed by atoms with van der Waals surface area (Å²) in [5, 5.41) is 0.709. The highest BCUT2D eigenvalue weighted by molar-refractivity contribution is 7.92. The van der Waals surface area contributed by atoms with Crippen LogP contribution in [0.5, 0.6) is 0 Å². The fraction of sp³-hybridized carbons (Fsp3) is 0.269. The Morgan fingerprint density at radius 2 is 1.62 bits per heavy atom. The molecule has 0 aliphatic carbocycles. The number of sulfonamides is 1. The van der Waals surface area contributed by atoms with E-state index in [4.69, 9.17) is 11.6 Å². The molecule has 4 rings (SSSR count). The number of hydrogen-bond acceptors (Lipinski definition) is 4. The summed E-state index contributed by atoms with van der Waals surface area (Å²) in [5.41, 5.74) is 3.59. The van der Waals surface area contributed by atoms with Gasteiger partial charge in [0.2, 0.25) is 5.91 Å². The number of amides is 1. The SMILES string of the molecule is Cc1ccc(NS(=O)(=O)c2ccc(CCC(=O)N3CCN(c4cccc(Cl)c4)CC3)cc2)cc1. The predicted octanol–water partition coefficient (Wildman–Crippen LogP) is 4.73. The van der Waals surface area contributed by atoms with Gasteiger partial charge in [-0.25, -0.2) is 8.42 Å². The molecule has 178 valence electrons. The number of rotatable bonds is 7. The lowest BCUT2D eigenvalue weighted by Crippen LogP contribution is -2.48. The maximum absolute atomic E-state index is 12.7. The molecule has 0 saturated carbocycles.